The molecule has 1 unspecified atom stereocenters. The lowest BCUT2D eigenvalue weighted by molar-refractivity contribution is -0.139. The molecule has 1 aliphatic heterocycles. The Hall–Kier alpha value is -3.14. The van der Waals surface area contributed by atoms with E-state index in [1.54, 1.807) is 25.1 Å². The maximum absolute atomic E-state index is 12.6. The Morgan fingerprint density at radius 1 is 1.18 bits per heavy atom. The van der Waals surface area contributed by atoms with E-state index in [1.165, 1.54) is 0 Å². The number of rotatable bonds is 9. The number of benzene rings is 1. The first-order valence-corrected chi connectivity index (χ1v) is 9.36. The van der Waals surface area contributed by atoms with Crippen molar-refractivity contribution in [1.29, 1.82) is 0 Å². The number of amides is 2. The summed E-state index contributed by atoms with van der Waals surface area (Å²) in [5, 5.41) is 5.54. The topological polar surface area (TPSA) is 85.9 Å². The number of carbonyl (C=O) groups excluding carboxylic acids is 2. The molecule has 1 aliphatic rings. The van der Waals surface area contributed by atoms with Crippen LogP contribution in [0.3, 0.4) is 0 Å². The van der Waals surface area contributed by atoms with Crippen LogP contribution in [0.15, 0.2) is 29.5 Å². The Kier molecular flexibility index (Phi) is 7.76. The summed E-state index contributed by atoms with van der Waals surface area (Å²) in [6.45, 7) is 6.35. The molecule has 1 atom stereocenters. The van der Waals surface area contributed by atoms with Gasteiger partial charge in [0.25, 0.3) is 0 Å². The van der Waals surface area contributed by atoms with Crippen LogP contribution >= 0.6 is 0 Å². The number of nitrogens with one attached hydrogen (secondary N) is 2. The first-order chi connectivity index (χ1) is 13.5. The van der Waals surface area contributed by atoms with Crippen LogP contribution in [0, 0.1) is 12.3 Å². The van der Waals surface area contributed by atoms with Gasteiger partial charge in [0.15, 0.2) is 11.5 Å². The fourth-order valence-electron chi connectivity index (χ4n) is 2.98. The van der Waals surface area contributed by atoms with Crippen LogP contribution in [0.1, 0.15) is 45.2 Å². The first-order valence-electron chi connectivity index (χ1n) is 9.36. The zero-order valence-electron chi connectivity index (χ0n) is 16.5. The molecule has 7 nitrogen and oxygen atoms in total. The maximum Gasteiger partial charge on any atom is 0.338 e. The molecule has 7 heteroatoms. The van der Waals surface area contributed by atoms with Crippen LogP contribution in [0.2, 0.25) is 0 Å². The van der Waals surface area contributed by atoms with Crippen LogP contribution in [0.5, 0.6) is 11.5 Å². The maximum atomic E-state index is 12.6. The molecule has 0 aliphatic carbocycles. The molecule has 0 saturated carbocycles. The average molecular weight is 386 g/mol. The zero-order chi connectivity index (χ0) is 20.5. The van der Waals surface area contributed by atoms with Crippen LogP contribution < -0.4 is 20.1 Å². The summed E-state index contributed by atoms with van der Waals surface area (Å²) < 4.78 is 16.4. The van der Waals surface area contributed by atoms with Crippen molar-refractivity contribution in [2.45, 2.75) is 39.7 Å². The van der Waals surface area contributed by atoms with Gasteiger partial charge in [0.1, 0.15) is 6.61 Å². The van der Waals surface area contributed by atoms with Gasteiger partial charge in [-0.25, -0.2) is 9.59 Å². The van der Waals surface area contributed by atoms with Crippen LogP contribution in [-0.4, -0.2) is 31.8 Å². The normalized spacial score (nSPS) is 15.9. The fraction of sp³-hybridized carbons (Fsp3) is 0.429. The number of ether oxygens (including phenoxy) is 3. The van der Waals surface area contributed by atoms with Gasteiger partial charge in [0, 0.05) is 5.70 Å². The Morgan fingerprint density at radius 3 is 2.61 bits per heavy atom. The van der Waals surface area contributed by atoms with E-state index in [9.17, 15) is 9.59 Å². The summed E-state index contributed by atoms with van der Waals surface area (Å²) in [6, 6.07) is 4.21. The Labute approximate surface area is 165 Å². The third-order valence-electron chi connectivity index (χ3n) is 4.06. The lowest BCUT2D eigenvalue weighted by atomic mass is 9.93. The molecule has 2 N–H and O–H groups in total. The molecule has 1 aromatic carbocycles. The molecular formula is C21H26N2O5. The molecule has 1 aromatic rings. The number of allylic oxidation sites excluding steroid dienone is 1. The molecule has 0 radical (unpaired) electrons. The minimum absolute atomic E-state index is 0.109. The van der Waals surface area contributed by atoms with Gasteiger partial charge >= 0.3 is 12.0 Å². The van der Waals surface area contributed by atoms with Crippen molar-refractivity contribution in [3.05, 3.63) is 35.0 Å². The second-order valence-electron chi connectivity index (χ2n) is 6.03. The number of carbonyl (C=O) groups is 2. The third-order valence-corrected chi connectivity index (χ3v) is 4.06. The average Bonchev–Trinajstić information content (AvgIpc) is 2.67. The first kappa shape index (κ1) is 21.2. The van der Waals surface area contributed by atoms with Crippen molar-refractivity contribution >= 4 is 12.0 Å². The van der Waals surface area contributed by atoms with Crippen LogP contribution in [-0.2, 0) is 9.53 Å². The van der Waals surface area contributed by atoms with Crippen molar-refractivity contribution in [2.75, 3.05) is 19.8 Å². The summed E-state index contributed by atoms with van der Waals surface area (Å²) in [6.07, 6.45) is 6.59. The highest BCUT2D eigenvalue weighted by molar-refractivity contribution is 5.95. The van der Waals surface area contributed by atoms with Crippen molar-refractivity contribution in [3.63, 3.8) is 0 Å². The lowest BCUT2D eigenvalue weighted by Gasteiger charge is -2.29. The summed E-state index contributed by atoms with van der Waals surface area (Å²) in [7, 11) is 0. The van der Waals surface area contributed by atoms with E-state index in [0.717, 1.165) is 6.42 Å². The van der Waals surface area contributed by atoms with E-state index in [0.29, 0.717) is 41.4 Å². The fourth-order valence-corrected chi connectivity index (χ4v) is 2.98. The number of hydrogen-bond acceptors (Lipinski definition) is 5. The smallest absolute Gasteiger partial charge is 0.338 e. The van der Waals surface area contributed by atoms with Crippen LogP contribution in [0.4, 0.5) is 4.79 Å². The van der Waals surface area contributed by atoms with Gasteiger partial charge in [-0.15, -0.1) is 6.42 Å². The second-order valence-corrected chi connectivity index (χ2v) is 6.03. The van der Waals surface area contributed by atoms with Gasteiger partial charge < -0.3 is 24.8 Å². The molecular weight excluding hydrogens is 360 g/mol. The van der Waals surface area contributed by atoms with Crippen molar-refractivity contribution in [3.8, 4) is 23.8 Å². The van der Waals surface area contributed by atoms with E-state index in [-0.39, 0.29) is 19.2 Å². The Morgan fingerprint density at radius 2 is 1.96 bits per heavy atom. The number of urea groups is 1. The highest BCUT2D eigenvalue weighted by Gasteiger charge is 2.33. The zero-order valence-corrected chi connectivity index (χ0v) is 16.5. The summed E-state index contributed by atoms with van der Waals surface area (Å²) in [4.78, 5) is 24.8. The molecule has 0 aromatic heterocycles. The van der Waals surface area contributed by atoms with E-state index in [2.05, 4.69) is 16.6 Å². The molecule has 1 heterocycles. The highest BCUT2D eigenvalue weighted by atomic mass is 16.5. The largest absolute Gasteiger partial charge is 0.490 e. The summed E-state index contributed by atoms with van der Waals surface area (Å²) in [5.74, 6) is 2.94. The quantitative estimate of drug-likeness (QED) is 0.503. The Bertz CT molecular complexity index is 794. The minimum Gasteiger partial charge on any atom is -0.490 e. The van der Waals surface area contributed by atoms with Crippen molar-refractivity contribution in [2.24, 2.45) is 0 Å². The van der Waals surface area contributed by atoms with E-state index in [1.807, 2.05) is 13.8 Å². The van der Waals surface area contributed by atoms with Crippen molar-refractivity contribution in [1.82, 2.24) is 10.6 Å². The van der Waals surface area contributed by atoms with Gasteiger partial charge in [0.05, 0.1) is 24.8 Å². The van der Waals surface area contributed by atoms with Gasteiger partial charge in [-0.3, -0.25) is 0 Å². The number of terminal acetylenes is 1. The Balaban J connectivity index is 2.50. The predicted octanol–water partition coefficient (Wildman–Crippen LogP) is 3.07. The molecule has 0 fully saturated rings. The summed E-state index contributed by atoms with van der Waals surface area (Å²) >= 11 is 0. The van der Waals surface area contributed by atoms with Gasteiger partial charge in [0.2, 0.25) is 0 Å². The molecule has 28 heavy (non-hydrogen) atoms. The molecule has 2 amide bonds. The van der Waals surface area contributed by atoms with E-state index < -0.39 is 12.0 Å². The van der Waals surface area contributed by atoms with E-state index >= 15 is 0 Å². The van der Waals surface area contributed by atoms with Gasteiger partial charge in [-0.05, 0) is 38.0 Å². The SMILES string of the molecule is C#CCOc1ccc(C2NC(=O)NC(CCC)=C2C(=O)OCC)cc1OCC. The monoisotopic (exact) mass is 386 g/mol. The molecule has 150 valence electrons. The van der Waals surface area contributed by atoms with Gasteiger partial charge in [-0.1, -0.05) is 25.3 Å². The third kappa shape index (κ3) is 4.97. The molecule has 0 bridgehead atoms. The summed E-state index contributed by atoms with van der Waals surface area (Å²) in [5.41, 5.74) is 1.64. The highest BCUT2D eigenvalue weighted by Crippen LogP contribution is 2.35. The number of esters is 1. The van der Waals surface area contributed by atoms with Crippen molar-refractivity contribution < 1.29 is 23.8 Å². The van der Waals surface area contributed by atoms with E-state index in [4.69, 9.17) is 20.6 Å². The predicted molar refractivity (Wildman–Crippen MR) is 105 cm³/mol. The molecule has 0 spiro atoms. The standard InChI is InChI=1S/C21H26N2O5/c1-5-9-15-18(20(24)27-8-4)19(23-21(25)22-15)14-10-11-16(28-12-6-2)17(13-14)26-7-3/h2,10-11,13,19H,5,7-9,12H2,1,3-4H3,(H2,22,23,25). The molecule has 0 saturated heterocycles. The van der Waals surface area contributed by atoms with Gasteiger partial charge in [-0.2, -0.15) is 0 Å². The van der Waals surface area contributed by atoms with Crippen LogP contribution in [0.25, 0.3) is 0 Å². The number of hydrogen-bond donors (Lipinski definition) is 2. The lowest BCUT2D eigenvalue weighted by Crippen LogP contribution is -2.46. The second kappa shape index (κ2) is 10.3. The molecule has 2 rings (SSSR count). The minimum atomic E-state index is -0.657.